The highest BCUT2D eigenvalue weighted by Crippen LogP contribution is 2.17. The quantitative estimate of drug-likeness (QED) is 0.847. The molecule has 0 aliphatic carbocycles. The number of hydrogen-bond donors (Lipinski definition) is 1. The third-order valence-corrected chi connectivity index (χ3v) is 4.87. The summed E-state index contributed by atoms with van der Waals surface area (Å²) in [6, 6.07) is 0. The SMILES string of the molecule is CCCS(=O)(=O)NCCc1sc(C)nc1C. The Balaban J connectivity index is 2.45. The van der Waals surface area contributed by atoms with Gasteiger partial charge in [0.15, 0.2) is 0 Å². The summed E-state index contributed by atoms with van der Waals surface area (Å²) in [5, 5.41) is 1.03. The molecule has 0 saturated heterocycles. The molecule has 1 rings (SSSR count). The van der Waals surface area contributed by atoms with Crippen molar-refractivity contribution in [3.63, 3.8) is 0 Å². The maximum absolute atomic E-state index is 11.4. The second kappa shape index (κ2) is 5.75. The van der Waals surface area contributed by atoms with Crippen molar-refractivity contribution in [3.05, 3.63) is 15.6 Å². The topological polar surface area (TPSA) is 59.1 Å². The number of nitrogens with zero attached hydrogens (tertiary/aromatic N) is 1. The lowest BCUT2D eigenvalue weighted by atomic mass is 10.3. The number of hydrogen-bond acceptors (Lipinski definition) is 4. The zero-order valence-corrected chi connectivity index (χ0v) is 11.5. The lowest BCUT2D eigenvalue weighted by Crippen LogP contribution is -2.28. The van der Waals surface area contributed by atoms with Crippen molar-refractivity contribution in [2.75, 3.05) is 12.3 Å². The fourth-order valence-electron chi connectivity index (χ4n) is 1.47. The molecule has 1 N–H and O–H groups in total. The van der Waals surface area contributed by atoms with Crippen LogP contribution in [0.25, 0.3) is 0 Å². The molecule has 1 heterocycles. The molecule has 0 atom stereocenters. The first-order valence-corrected chi connectivity index (χ1v) is 7.81. The normalized spacial score (nSPS) is 11.9. The molecular weight excluding hydrogens is 244 g/mol. The fourth-order valence-corrected chi connectivity index (χ4v) is 3.50. The van der Waals surface area contributed by atoms with Gasteiger partial charge in [-0.2, -0.15) is 0 Å². The van der Waals surface area contributed by atoms with E-state index in [1.54, 1.807) is 11.3 Å². The first kappa shape index (κ1) is 13.6. The van der Waals surface area contributed by atoms with Crippen molar-refractivity contribution in [1.82, 2.24) is 9.71 Å². The number of rotatable bonds is 6. The van der Waals surface area contributed by atoms with Gasteiger partial charge >= 0.3 is 0 Å². The Hall–Kier alpha value is -0.460. The molecule has 0 radical (unpaired) electrons. The number of aromatic nitrogens is 1. The van der Waals surface area contributed by atoms with Crippen LogP contribution in [0.2, 0.25) is 0 Å². The first-order valence-electron chi connectivity index (χ1n) is 5.35. The Bertz CT molecular complexity index is 438. The Morgan fingerprint density at radius 3 is 2.56 bits per heavy atom. The predicted octanol–water partition coefficient (Wildman–Crippen LogP) is 1.63. The van der Waals surface area contributed by atoms with Gasteiger partial charge in [-0.05, 0) is 26.7 Å². The van der Waals surface area contributed by atoms with Crippen molar-refractivity contribution in [1.29, 1.82) is 0 Å². The van der Waals surface area contributed by atoms with Crippen LogP contribution in [0.1, 0.15) is 28.9 Å². The van der Waals surface area contributed by atoms with Gasteiger partial charge in [0.2, 0.25) is 10.0 Å². The van der Waals surface area contributed by atoms with Crippen LogP contribution < -0.4 is 4.72 Å². The van der Waals surface area contributed by atoms with Crippen molar-refractivity contribution < 1.29 is 8.42 Å². The second-order valence-corrected chi connectivity index (χ2v) is 6.92. The number of sulfonamides is 1. The van der Waals surface area contributed by atoms with Gasteiger partial charge in [-0.25, -0.2) is 18.1 Å². The van der Waals surface area contributed by atoms with Crippen molar-refractivity contribution in [2.45, 2.75) is 33.6 Å². The van der Waals surface area contributed by atoms with E-state index in [1.165, 1.54) is 0 Å². The summed E-state index contributed by atoms with van der Waals surface area (Å²) in [6.45, 7) is 6.24. The summed E-state index contributed by atoms with van der Waals surface area (Å²) in [4.78, 5) is 5.47. The summed E-state index contributed by atoms with van der Waals surface area (Å²) < 4.78 is 25.4. The van der Waals surface area contributed by atoms with E-state index >= 15 is 0 Å². The molecule has 0 fully saturated rings. The minimum atomic E-state index is -3.07. The van der Waals surface area contributed by atoms with Gasteiger partial charge in [-0.15, -0.1) is 11.3 Å². The van der Waals surface area contributed by atoms with E-state index in [0.717, 1.165) is 22.0 Å². The van der Waals surface area contributed by atoms with Crippen molar-refractivity contribution >= 4 is 21.4 Å². The van der Waals surface area contributed by atoms with Crippen LogP contribution in [-0.4, -0.2) is 25.7 Å². The van der Waals surface area contributed by atoms with Gasteiger partial charge in [0.1, 0.15) is 0 Å². The maximum atomic E-state index is 11.4. The third kappa shape index (κ3) is 4.19. The van der Waals surface area contributed by atoms with Gasteiger partial charge in [0, 0.05) is 11.4 Å². The standard InChI is InChI=1S/C10H18N2O2S2/c1-4-7-16(13,14)11-6-5-10-8(2)12-9(3)15-10/h11H,4-7H2,1-3H3. The van der Waals surface area contributed by atoms with Crippen molar-refractivity contribution in [2.24, 2.45) is 0 Å². The van der Waals surface area contributed by atoms with Gasteiger partial charge < -0.3 is 0 Å². The zero-order valence-electron chi connectivity index (χ0n) is 9.91. The van der Waals surface area contributed by atoms with Crippen LogP contribution in [-0.2, 0) is 16.4 Å². The highest BCUT2D eigenvalue weighted by Gasteiger charge is 2.09. The van der Waals surface area contributed by atoms with Crippen LogP contribution in [0.15, 0.2) is 0 Å². The van der Waals surface area contributed by atoms with E-state index in [2.05, 4.69) is 9.71 Å². The van der Waals surface area contributed by atoms with Crippen LogP contribution in [0.5, 0.6) is 0 Å². The molecule has 0 aliphatic heterocycles. The Labute approximate surface area is 101 Å². The molecule has 16 heavy (non-hydrogen) atoms. The largest absolute Gasteiger partial charge is 0.247 e. The number of aryl methyl sites for hydroxylation is 2. The molecule has 0 saturated carbocycles. The smallest absolute Gasteiger partial charge is 0.211 e. The molecule has 0 unspecified atom stereocenters. The van der Waals surface area contributed by atoms with Gasteiger partial charge in [0.25, 0.3) is 0 Å². The lowest BCUT2D eigenvalue weighted by Gasteiger charge is -2.04. The third-order valence-electron chi connectivity index (χ3n) is 2.15. The van der Waals surface area contributed by atoms with E-state index in [9.17, 15) is 8.42 Å². The van der Waals surface area contributed by atoms with Crippen LogP contribution >= 0.6 is 11.3 Å². The monoisotopic (exact) mass is 262 g/mol. The van der Waals surface area contributed by atoms with E-state index in [-0.39, 0.29) is 5.75 Å². The molecule has 4 nitrogen and oxygen atoms in total. The van der Waals surface area contributed by atoms with E-state index in [1.807, 2.05) is 20.8 Å². The molecule has 0 spiro atoms. The van der Waals surface area contributed by atoms with E-state index in [4.69, 9.17) is 0 Å². The molecule has 1 aromatic heterocycles. The molecule has 0 bridgehead atoms. The van der Waals surface area contributed by atoms with Crippen LogP contribution in [0.3, 0.4) is 0 Å². The average molecular weight is 262 g/mol. The molecule has 0 amide bonds. The minimum absolute atomic E-state index is 0.202. The lowest BCUT2D eigenvalue weighted by molar-refractivity contribution is 0.580. The number of thiazole rings is 1. The molecule has 0 aliphatic rings. The van der Waals surface area contributed by atoms with Crippen LogP contribution in [0.4, 0.5) is 0 Å². The summed E-state index contributed by atoms with van der Waals surface area (Å²) in [5.41, 5.74) is 1.01. The van der Waals surface area contributed by atoms with Crippen LogP contribution in [0, 0.1) is 13.8 Å². The number of nitrogens with one attached hydrogen (secondary N) is 1. The highest BCUT2D eigenvalue weighted by molar-refractivity contribution is 7.89. The second-order valence-electron chi connectivity index (χ2n) is 3.70. The predicted molar refractivity (Wildman–Crippen MR) is 67.4 cm³/mol. The Morgan fingerprint density at radius 1 is 1.38 bits per heavy atom. The Morgan fingerprint density at radius 2 is 2.06 bits per heavy atom. The summed E-state index contributed by atoms with van der Waals surface area (Å²) in [6.07, 6.45) is 1.37. The Kier molecular flexibility index (Phi) is 4.89. The molecule has 0 aromatic carbocycles. The van der Waals surface area contributed by atoms with Crippen molar-refractivity contribution in [3.8, 4) is 0 Å². The highest BCUT2D eigenvalue weighted by atomic mass is 32.2. The molecular formula is C10H18N2O2S2. The van der Waals surface area contributed by atoms with E-state index in [0.29, 0.717) is 13.0 Å². The fraction of sp³-hybridized carbons (Fsp3) is 0.700. The summed E-state index contributed by atoms with van der Waals surface area (Å²) >= 11 is 1.63. The van der Waals surface area contributed by atoms with Gasteiger partial charge in [-0.1, -0.05) is 6.92 Å². The zero-order chi connectivity index (χ0) is 12.2. The maximum Gasteiger partial charge on any atom is 0.211 e. The molecule has 1 aromatic rings. The average Bonchev–Trinajstić information content (AvgIpc) is 2.44. The summed E-state index contributed by atoms with van der Waals surface area (Å²) in [7, 11) is -3.07. The van der Waals surface area contributed by atoms with Gasteiger partial charge in [0.05, 0.1) is 16.5 Å². The molecule has 92 valence electrons. The van der Waals surface area contributed by atoms with E-state index < -0.39 is 10.0 Å². The first-order chi connectivity index (χ1) is 7.44. The minimum Gasteiger partial charge on any atom is -0.247 e. The molecule has 6 heteroatoms. The summed E-state index contributed by atoms with van der Waals surface area (Å²) in [5.74, 6) is 0.202. The van der Waals surface area contributed by atoms with Gasteiger partial charge in [-0.3, -0.25) is 0 Å².